The molecule has 8 nitrogen and oxygen atoms in total. The van der Waals surface area contributed by atoms with Crippen molar-refractivity contribution in [1.29, 1.82) is 0 Å². The van der Waals surface area contributed by atoms with E-state index in [2.05, 4.69) is 12.2 Å². The lowest BCUT2D eigenvalue weighted by Crippen LogP contribution is -2.15. The molecule has 2 aromatic carbocycles. The lowest BCUT2D eigenvalue weighted by molar-refractivity contribution is -0.137. The summed E-state index contributed by atoms with van der Waals surface area (Å²) in [5.74, 6) is -0.614. The van der Waals surface area contributed by atoms with Gasteiger partial charge in [-0.3, -0.25) is 0 Å². The lowest BCUT2D eigenvalue weighted by Gasteiger charge is -2.13. The molecule has 0 spiro atoms. The molecule has 254 valence electrons. The molecule has 0 heterocycles. The van der Waals surface area contributed by atoms with Crippen molar-refractivity contribution in [3.05, 3.63) is 59.7 Å². The molecule has 0 atom stereocenters. The fourth-order valence-electron chi connectivity index (χ4n) is 4.29. The SMILES string of the molecule is CCCCCCCCCCOCCOCCOCCOCCOCCOC(=O)c1ccccc1Nc1cccc(C(F)(F)F)c1. The molecule has 0 fully saturated rings. The van der Waals surface area contributed by atoms with E-state index in [1.54, 1.807) is 18.2 Å². The van der Waals surface area contributed by atoms with Crippen molar-refractivity contribution in [3.63, 3.8) is 0 Å². The highest BCUT2D eigenvalue weighted by Gasteiger charge is 2.30. The minimum absolute atomic E-state index is 0.0179. The van der Waals surface area contributed by atoms with Crippen LogP contribution in [0.5, 0.6) is 0 Å². The van der Waals surface area contributed by atoms with Gasteiger partial charge in [0.1, 0.15) is 6.61 Å². The Morgan fingerprint density at radius 3 is 1.71 bits per heavy atom. The van der Waals surface area contributed by atoms with Gasteiger partial charge in [-0.05, 0) is 36.8 Å². The molecule has 0 amide bonds. The maximum atomic E-state index is 13.0. The Labute approximate surface area is 265 Å². The monoisotopic (exact) mass is 641 g/mol. The number of benzene rings is 2. The summed E-state index contributed by atoms with van der Waals surface area (Å²) in [5, 5.41) is 2.86. The standard InChI is InChI=1S/C34H50F3NO7/c1-2-3-4-5-6-7-8-11-17-40-18-19-41-20-21-42-22-23-43-24-25-44-26-27-45-33(39)31-15-9-10-16-32(31)38-30-14-12-13-29(28-30)34(35,36)37/h9-10,12-16,28,38H,2-8,11,17-27H2,1H3. The third-order valence-electron chi connectivity index (χ3n) is 6.71. The van der Waals surface area contributed by atoms with Gasteiger partial charge in [0.2, 0.25) is 0 Å². The smallest absolute Gasteiger partial charge is 0.416 e. The Morgan fingerprint density at radius 2 is 1.13 bits per heavy atom. The van der Waals surface area contributed by atoms with E-state index in [-0.39, 0.29) is 24.5 Å². The summed E-state index contributed by atoms with van der Waals surface area (Å²) in [4.78, 5) is 12.6. The largest absolute Gasteiger partial charge is 0.460 e. The molecule has 0 unspecified atom stereocenters. The summed E-state index contributed by atoms with van der Waals surface area (Å²) in [7, 11) is 0. The first-order chi connectivity index (χ1) is 21.9. The third-order valence-corrected chi connectivity index (χ3v) is 6.71. The first-order valence-electron chi connectivity index (χ1n) is 16.0. The van der Waals surface area contributed by atoms with Crippen LogP contribution in [0.25, 0.3) is 0 Å². The average molecular weight is 642 g/mol. The number of hydrogen-bond acceptors (Lipinski definition) is 8. The van der Waals surface area contributed by atoms with Crippen molar-refractivity contribution in [2.75, 3.05) is 78.0 Å². The number of ether oxygens (including phenoxy) is 6. The van der Waals surface area contributed by atoms with Gasteiger partial charge in [0.25, 0.3) is 0 Å². The molecule has 0 radical (unpaired) electrons. The van der Waals surface area contributed by atoms with Crippen LogP contribution in [0.15, 0.2) is 48.5 Å². The Balaban J connectivity index is 1.40. The second-order valence-electron chi connectivity index (χ2n) is 10.4. The Bertz CT molecular complexity index is 1040. The molecule has 1 N–H and O–H groups in total. The molecule has 2 rings (SSSR count). The molecule has 0 aromatic heterocycles. The van der Waals surface area contributed by atoms with Crippen molar-refractivity contribution in [2.45, 2.75) is 64.5 Å². The Morgan fingerprint density at radius 1 is 0.622 bits per heavy atom. The van der Waals surface area contributed by atoms with Crippen molar-refractivity contribution in [1.82, 2.24) is 0 Å². The summed E-state index contributed by atoms with van der Waals surface area (Å²) in [6, 6.07) is 11.2. The zero-order valence-electron chi connectivity index (χ0n) is 26.5. The molecule has 0 aliphatic rings. The third kappa shape index (κ3) is 18.8. The summed E-state index contributed by atoms with van der Waals surface area (Å²) >= 11 is 0. The number of para-hydroxylation sites is 1. The summed E-state index contributed by atoms with van der Waals surface area (Å²) in [6.07, 6.45) is 5.86. The van der Waals surface area contributed by atoms with E-state index in [4.69, 9.17) is 28.4 Å². The summed E-state index contributed by atoms with van der Waals surface area (Å²) in [6.45, 7) is 6.96. The van der Waals surface area contributed by atoms with Crippen LogP contribution in [-0.4, -0.2) is 78.6 Å². The van der Waals surface area contributed by atoms with Gasteiger partial charge in [0.05, 0.1) is 76.3 Å². The second kappa shape index (κ2) is 24.5. The van der Waals surface area contributed by atoms with Gasteiger partial charge in [0.15, 0.2) is 0 Å². The number of rotatable bonds is 27. The number of carbonyl (C=O) groups excluding carboxylic acids is 1. The summed E-state index contributed by atoms with van der Waals surface area (Å²) < 4.78 is 71.8. The number of hydrogen-bond donors (Lipinski definition) is 1. The van der Waals surface area contributed by atoms with Gasteiger partial charge < -0.3 is 33.7 Å². The van der Waals surface area contributed by atoms with Crippen LogP contribution in [0.2, 0.25) is 0 Å². The van der Waals surface area contributed by atoms with Gasteiger partial charge in [0, 0.05) is 12.3 Å². The predicted octanol–water partition coefficient (Wildman–Crippen LogP) is 7.83. The van der Waals surface area contributed by atoms with Crippen LogP contribution < -0.4 is 5.32 Å². The molecule has 11 heteroatoms. The van der Waals surface area contributed by atoms with Crippen molar-refractivity contribution >= 4 is 17.3 Å². The van der Waals surface area contributed by atoms with E-state index in [9.17, 15) is 18.0 Å². The summed E-state index contributed by atoms with van der Waals surface area (Å²) in [5.41, 5.74) is -0.0432. The molecule has 0 aliphatic heterocycles. The van der Waals surface area contributed by atoms with Crippen LogP contribution in [0, 0.1) is 0 Å². The van der Waals surface area contributed by atoms with Crippen molar-refractivity contribution in [2.24, 2.45) is 0 Å². The number of unbranched alkanes of at least 4 members (excludes halogenated alkanes) is 7. The minimum atomic E-state index is -4.47. The number of nitrogens with one attached hydrogen (secondary N) is 1. The zero-order valence-corrected chi connectivity index (χ0v) is 26.5. The molecular formula is C34H50F3NO7. The maximum Gasteiger partial charge on any atom is 0.416 e. The van der Waals surface area contributed by atoms with Gasteiger partial charge in [-0.15, -0.1) is 0 Å². The van der Waals surface area contributed by atoms with E-state index in [1.807, 2.05) is 0 Å². The van der Waals surface area contributed by atoms with Crippen molar-refractivity contribution in [3.8, 4) is 0 Å². The number of anilines is 2. The first-order valence-corrected chi connectivity index (χ1v) is 16.0. The van der Waals surface area contributed by atoms with E-state index in [1.165, 1.54) is 63.1 Å². The molecule has 0 aliphatic carbocycles. The second-order valence-corrected chi connectivity index (χ2v) is 10.4. The van der Waals surface area contributed by atoms with E-state index >= 15 is 0 Å². The maximum absolute atomic E-state index is 13.0. The molecule has 0 bridgehead atoms. The highest BCUT2D eigenvalue weighted by atomic mass is 19.4. The van der Waals surface area contributed by atoms with E-state index in [0.717, 1.165) is 25.2 Å². The number of esters is 1. The molecular weight excluding hydrogens is 591 g/mol. The predicted molar refractivity (Wildman–Crippen MR) is 168 cm³/mol. The van der Waals surface area contributed by atoms with Gasteiger partial charge in [-0.25, -0.2) is 4.79 Å². The normalized spacial score (nSPS) is 11.6. The average Bonchev–Trinajstić information content (AvgIpc) is 3.03. The Kier molecular flexibility index (Phi) is 21.0. The quantitative estimate of drug-likeness (QED) is 0.0781. The zero-order chi connectivity index (χ0) is 32.4. The lowest BCUT2D eigenvalue weighted by atomic mass is 10.1. The van der Waals surface area contributed by atoms with Gasteiger partial charge in [-0.2, -0.15) is 13.2 Å². The number of alkyl halides is 3. The number of halogens is 3. The minimum Gasteiger partial charge on any atom is -0.460 e. The van der Waals surface area contributed by atoms with Crippen LogP contribution in [0.4, 0.5) is 24.5 Å². The highest BCUT2D eigenvalue weighted by Crippen LogP contribution is 2.32. The first kappa shape index (κ1) is 38.5. The van der Waals surface area contributed by atoms with Crippen molar-refractivity contribution < 1.29 is 46.4 Å². The van der Waals surface area contributed by atoms with Gasteiger partial charge in [-0.1, -0.05) is 70.1 Å². The molecule has 45 heavy (non-hydrogen) atoms. The molecule has 0 saturated heterocycles. The Hall–Kier alpha value is -2.70. The highest BCUT2D eigenvalue weighted by molar-refractivity contribution is 5.96. The van der Waals surface area contributed by atoms with E-state index in [0.29, 0.717) is 58.5 Å². The van der Waals surface area contributed by atoms with Crippen LogP contribution >= 0.6 is 0 Å². The van der Waals surface area contributed by atoms with E-state index < -0.39 is 17.7 Å². The molecule has 2 aromatic rings. The topological polar surface area (TPSA) is 84.5 Å². The molecule has 0 saturated carbocycles. The number of carbonyl (C=O) groups is 1. The van der Waals surface area contributed by atoms with Gasteiger partial charge >= 0.3 is 12.1 Å². The van der Waals surface area contributed by atoms with Crippen LogP contribution in [0.1, 0.15) is 74.2 Å². The fourth-order valence-corrected chi connectivity index (χ4v) is 4.29. The van der Waals surface area contributed by atoms with Crippen LogP contribution in [-0.2, 0) is 34.6 Å². The van der Waals surface area contributed by atoms with Crippen LogP contribution in [0.3, 0.4) is 0 Å². The fraction of sp³-hybridized carbons (Fsp3) is 0.618.